The zero-order chi connectivity index (χ0) is 23.2. The largest absolute Gasteiger partial charge is 0.501 e. The highest BCUT2D eigenvalue weighted by Crippen LogP contribution is 2.35. The van der Waals surface area contributed by atoms with E-state index in [1.165, 1.54) is 11.3 Å². The molecule has 0 atom stereocenters. The monoisotopic (exact) mass is 470 g/mol. The van der Waals surface area contributed by atoms with Crippen molar-refractivity contribution in [1.29, 1.82) is 0 Å². The zero-order valence-electron chi connectivity index (χ0n) is 17.6. The van der Waals surface area contributed by atoms with Gasteiger partial charge in [0.1, 0.15) is 6.61 Å². The Labute approximate surface area is 193 Å². The van der Waals surface area contributed by atoms with Gasteiger partial charge in [-0.1, -0.05) is 18.2 Å². The third-order valence-electron chi connectivity index (χ3n) is 4.96. The van der Waals surface area contributed by atoms with Gasteiger partial charge in [-0.3, -0.25) is 9.69 Å². The van der Waals surface area contributed by atoms with Crippen LogP contribution in [0.1, 0.15) is 20.8 Å². The van der Waals surface area contributed by atoms with Crippen molar-refractivity contribution in [3.05, 3.63) is 53.0 Å². The molecule has 0 spiro atoms. The molecule has 0 bridgehead atoms. The fourth-order valence-electron chi connectivity index (χ4n) is 3.21. The summed E-state index contributed by atoms with van der Waals surface area (Å²) in [4.78, 5) is 35.5. The first-order valence-corrected chi connectivity index (χ1v) is 11.1. The third kappa shape index (κ3) is 5.45. The average Bonchev–Trinajstić information content (AvgIpc) is 3.30. The van der Waals surface area contributed by atoms with Gasteiger partial charge in [0.15, 0.2) is 11.5 Å². The Morgan fingerprint density at radius 1 is 1.12 bits per heavy atom. The minimum absolute atomic E-state index is 0.0243. The number of ether oxygens (including phenoxy) is 2. The van der Waals surface area contributed by atoms with E-state index in [4.69, 9.17) is 9.47 Å². The summed E-state index contributed by atoms with van der Waals surface area (Å²) < 4.78 is 10.5. The van der Waals surface area contributed by atoms with Crippen molar-refractivity contribution in [1.82, 2.24) is 14.9 Å². The Balaban J connectivity index is 1.50. The first-order valence-electron chi connectivity index (χ1n) is 10.2. The predicted molar refractivity (Wildman–Crippen MR) is 121 cm³/mol. The van der Waals surface area contributed by atoms with Crippen LogP contribution < -0.4 is 5.32 Å². The lowest BCUT2D eigenvalue weighted by atomic mass is 10.2. The fourth-order valence-corrected chi connectivity index (χ4v) is 4.00. The number of morpholine rings is 1. The van der Waals surface area contributed by atoms with Crippen LogP contribution in [0, 0.1) is 0 Å². The first kappa shape index (κ1) is 22.6. The molecule has 0 radical (unpaired) electrons. The van der Waals surface area contributed by atoms with Crippen LogP contribution in [-0.2, 0) is 9.47 Å². The summed E-state index contributed by atoms with van der Waals surface area (Å²) in [6.45, 7) is 3.36. The molecule has 1 amide bonds. The number of nitrogens with zero attached hydrogens (tertiary/aromatic N) is 3. The maximum atomic E-state index is 12.5. The molecule has 3 N–H and O–H groups in total. The molecule has 1 aliphatic rings. The number of nitrogens with one attached hydrogen (secondary N) is 1. The molecule has 33 heavy (non-hydrogen) atoms. The van der Waals surface area contributed by atoms with Gasteiger partial charge in [-0.15, -0.1) is 11.3 Å². The van der Waals surface area contributed by atoms with Crippen molar-refractivity contribution in [2.75, 3.05) is 44.8 Å². The highest BCUT2D eigenvalue weighted by Gasteiger charge is 2.24. The van der Waals surface area contributed by atoms with Crippen LogP contribution in [0.25, 0.3) is 10.7 Å². The average molecular weight is 471 g/mol. The Bertz CT molecular complexity index is 1130. The van der Waals surface area contributed by atoms with Gasteiger partial charge in [-0.25, -0.2) is 9.78 Å². The van der Waals surface area contributed by atoms with Crippen molar-refractivity contribution in [3.63, 3.8) is 0 Å². The van der Waals surface area contributed by atoms with Gasteiger partial charge in [0.05, 0.1) is 23.8 Å². The Kier molecular flexibility index (Phi) is 7.13. The van der Waals surface area contributed by atoms with Gasteiger partial charge in [-0.2, -0.15) is 4.98 Å². The Morgan fingerprint density at radius 2 is 1.88 bits per heavy atom. The number of amides is 1. The minimum atomic E-state index is -0.883. The van der Waals surface area contributed by atoms with Crippen molar-refractivity contribution in [2.45, 2.75) is 0 Å². The number of carbonyl (C=O) groups excluding carboxylic acids is 2. The second-order valence-electron chi connectivity index (χ2n) is 7.14. The van der Waals surface area contributed by atoms with Crippen LogP contribution in [0.4, 0.5) is 5.69 Å². The number of thiophene rings is 1. The number of esters is 1. The zero-order valence-corrected chi connectivity index (χ0v) is 18.4. The Morgan fingerprint density at radius 3 is 2.64 bits per heavy atom. The van der Waals surface area contributed by atoms with E-state index in [2.05, 4.69) is 20.2 Å². The summed E-state index contributed by atoms with van der Waals surface area (Å²) in [5.41, 5.74) is 0.424. The predicted octanol–water partition coefficient (Wildman–Crippen LogP) is 2.36. The number of carbonyl (C=O) groups is 2. The smallest absolute Gasteiger partial charge is 0.361 e. The third-order valence-corrected chi connectivity index (χ3v) is 5.87. The molecular formula is C22H22N4O6S. The number of aromatic nitrogens is 2. The lowest BCUT2D eigenvalue weighted by Gasteiger charge is -2.26. The molecule has 0 saturated carbocycles. The molecule has 11 heteroatoms. The fraction of sp³-hybridized carbons (Fsp3) is 0.273. The summed E-state index contributed by atoms with van der Waals surface area (Å²) in [6, 6.07) is 10.3. The minimum Gasteiger partial charge on any atom is -0.501 e. The number of anilines is 1. The van der Waals surface area contributed by atoms with Gasteiger partial charge in [0, 0.05) is 25.2 Å². The van der Waals surface area contributed by atoms with Crippen LogP contribution >= 0.6 is 11.3 Å². The van der Waals surface area contributed by atoms with E-state index >= 15 is 0 Å². The van der Waals surface area contributed by atoms with E-state index in [0.29, 0.717) is 35.9 Å². The lowest BCUT2D eigenvalue weighted by Crippen LogP contribution is -2.38. The summed E-state index contributed by atoms with van der Waals surface area (Å²) in [5, 5.41) is 24.7. The maximum absolute atomic E-state index is 12.5. The van der Waals surface area contributed by atoms with E-state index in [1.54, 1.807) is 41.8 Å². The molecule has 0 unspecified atom stereocenters. The molecule has 1 aromatic carbocycles. The van der Waals surface area contributed by atoms with Gasteiger partial charge < -0.3 is 25.0 Å². The van der Waals surface area contributed by atoms with Crippen molar-refractivity contribution in [3.8, 4) is 22.3 Å². The van der Waals surface area contributed by atoms with Crippen LogP contribution in [0.2, 0.25) is 0 Å². The molecule has 3 heterocycles. The van der Waals surface area contributed by atoms with Crippen LogP contribution in [0.15, 0.2) is 41.8 Å². The normalized spacial score (nSPS) is 14.1. The van der Waals surface area contributed by atoms with E-state index in [1.807, 2.05) is 0 Å². The number of benzene rings is 1. The molecule has 1 aliphatic heterocycles. The summed E-state index contributed by atoms with van der Waals surface area (Å²) in [7, 11) is 0. The summed E-state index contributed by atoms with van der Waals surface area (Å²) >= 11 is 1.21. The highest BCUT2D eigenvalue weighted by atomic mass is 32.1. The van der Waals surface area contributed by atoms with E-state index in [9.17, 15) is 19.8 Å². The first-order chi connectivity index (χ1) is 16.0. The van der Waals surface area contributed by atoms with E-state index in [0.717, 1.165) is 13.1 Å². The van der Waals surface area contributed by atoms with Gasteiger partial charge in [0.2, 0.25) is 5.75 Å². The topological polar surface area (TPSA) is 134 Å². The highest BCUT2D eigenvalue weighted by molar-refractivity contribution is 7.14. The molecular weight excluding hydrogens is 448 g/mol. The maximum Gasteiger partial charge on any atom is 0.361 e. The van der Waals surface area contributed by atoms with Crippen molar-refractivity contribution < 1.29 is 29.3 Å². The number of aromatic hydroxyl groups is 2. The van der Waals surface area contributed by atoms with Gasteiger partial charge >= 0.3 is 5.97 Å². The van der Waals surface area contributed by atoms with E-state index in [-0.39, 0.29) is 18.3 Å². The summed E-state index contributed by atoms with van der Waals surface area (Å²) in [5.74, 6) is -2.76. The van der Waals surface area contributed by atoms with Gasteiger partial charge in [-0.05, 0) is 23.6 Å². The molecule has 172 valence electrons. The molecule has 10 nitrogen and oxygen atoms in total. The molecule has 2 aromatic heterocycles. The number of rotatable bonds is 7. The van der Waals surface area contributed by atoms with Crippen LogP contribution in [0.3, 0.4) is 0 Å². The molecule has 4 rings (SSSR count). The summed E-state index contributed by atoms with van der Waals surface area (Å²) in [6.07, 6.45) is 0. The molecule has 1 saturated heterocycles. The molecule has 0 aliphatic carbocycles. The molecule has 1 fully saturated rings. The van der Waals surface area contributed by atoms with Gasteiger partial charge in [0.25, 0.3) is 11.8 Å². The molecule has 3 aromatic rings. The van der Waals surface area contributed by atoms with Crippen LogP contribution in [-0.4, -0.2) is 76.4 Å². The SMILES string of the molecule is O=C(Nc1ccsc1-c1nc(O)c(O)c(C(=O)OCCN2CCOCC2)n1)c1ccccc1. The van der Waals surface area contributed by atoms with Crippen molar-refractivity contribution in [2.24, 2.45) is 0 Å². The standard InChI is InChI=1S/C22H22N4O6S/c27-17-16(22(30)32-12-9-26-7-10-31-11-8-26)24-19(25-21(17)29)18-15(6-13-33-18)23-20(28)14-4-2-1-3-5-14/h1-6,13,27H,7-12H2,(H,23,28)(H,24,25,29). The van der Waals surface area contributed by atoms with E-state index < -0.39 is 23.3 Å². The second kappa shape index (κ2) is 10.4. The number of hydrogen-bond donors (Lipinski definition) is 3. The van der Waals surface area contributed by atoms with Crippen molar-refractivity contribution >= 4 is 28.9 Å². The number of hydrogen-bond acceptors (Lipinski definition) is 10. The second-order valence-corrected chi connectivity index (χ2v) is 8.06. The quantitative estimate of drug-likeness (QED) is 0.445. The Hall–Kier alpha value is -3.54. The lowest BCUT2D eigenvalue weighted by molar-refractivity contribution is 0.0191. The van der Waals surface area contributed by atoms with Crippen LogP contribution in [0.5, 0.6) is 11.6 Å².